The highest BCUT2D eigenvalue weighted by molar-refractivity contribution is 8.35. The topological polar surface area (TPSA) is 50.2 Å². The van der Waals surface area contributed by atoms with Crippen LogP contribution in [0.3, 0.4) is 0 Å². The predicted octanol–water partition coefficient (Wildman–Crippen LogP) is 1.08. The molecule has 1 aromatic heterocycles. The maximum atomic E-state index is 12.4. The molecule has 0 aliphatic carbocycles. The van der Waals surface area contributed by atoms with Crippen LogP contribution in [0.4, 0.5) is 0 Å². The van der Waals surface area contributed by atoms with Crippen molar-refractivity contribution in [1.29, 1.82) is 0 Å². The second-order valence-corrected chi connectivity index (χ2v) is 10.1. The molecule has 0 atom stereocenters. The molecule has 1 N–H and O–H groups in total. The Hall–Kier alpha value is -1.45. The lowest BCUT2D eigenvalue weighted by atomic mass is 10.1. The van der Waals surface area contributed by atoms with Gasteiger partial charge in [0.2, 0.25) is 0 Å². The van der Waals surface area contributed by atoms with Crippen LogP contribution in [0.25, 0.3) is 0 Å². The molecule has 0 spiro atoms. The minimum absolute atomic E-state index is 0.0798. The van der Waals surface area contributed by atoms with Gasteiger partial charge in [0, 0.05) is 27.2 Å². The third kappa shape index (κ3) is 3.80. The number of carbonyl (C=O) groups excluding carboxylic acids is 1. The molecule has 0 saturated carbocycles. The summed E-state index contributed by atoms with van der Waals surface area (Å²) in [4.78, 5) is 13.9. The Kier molecular flexibility index (Phi) is 4.64. The molecule has 0 bridgehead atoms. The molecule has 0 radical (unpaired) electrons. The van der Waals surface area contributed by atoms with E-state index in [0.29, 0.717) is 5.69 Å². The van der Waals surface area contributed by atoms with Gasteiger partial charge in [-0.2, -0.15) is 15.1 Å². The van der Waals surface area contributed by atoms with Gasteiger partial charge in [-0.15, -0.1) is 0 Å². The number of aryl methyl sites for hydroxylation is 1. The molecule has 21 heavy (non-hydrogen) atoms. The molecule has 0 saturated heterocycles. The fourth-order valence-electron chi connectivity index (χ4n) is 2.12. The van der Waals surface area contributed by atoms with E-state index < -0.39 is 10.0 Å². The molecule has 1 aromatic rings. The van der Waals surface area contributed by atoms with E-state index in [-0.39, 0.29) is 5.91 Å². The van der Waals surface area contributed by atoms with E-state index in [0.717, 1.165) is 37.3 Å². The van der Waals surface area contributed by atoms with Crippen LogP contribution in [0, 0.1) is 11.2 Å². The summed E-state index contributed by atoms with van der Waals surface area (Å²) in [6.45, 7) is 2.52. The summed E-state index contributed by atoms with van der Waals surface area (Å²) in [5.74, 6) is 3.16. The summed E-state index contributed by atoms with van der Waals surface area (Å²) < 4.78 is 1.94. The highest BCUT2D eigenvalue weighted by Gasteiger charge is 2.24. The van der Waals surface area contributed by atoms with Gasteiger partial charge < -0.3 is 10.2 Å². The Balaban J connectivity index is 2.54. The number of hydrogen-bond acceptors (Lipinski definition) is 3. The lowest BCUT2D eigenvalue weighted by Crippen LogP contribution is -2.23. The first-order valence-corrected chi connectivity index (χ1v) is 9.88. The smallest absolute Gasteiger partial charge is 0.275 e. The molecular weight excluding hydrogens is 284 g/mol. The molecule has 0 fully saturated rings. The van der Waals surface area contributed by atoms with E-state index in [9.17, 15) is 4.79 Å². The van der Waals surface area contributed by atoms with Crippen molar-refractivity contribution in [3.63, 3.8) is 0 Å². The molecule has 2 rings (SSSR count). The van der Waals surface area contributed by atoms with Gasteiger partial charge in [0.1, 0.15) is 0 Å². The predicted molar refractivity (Wildman–Crippen MR) is 88.8 cm³/mol. The summed E-state index contributed by atoms with van der Waals surface area (Å²) in [6.07, 6.45) is 7.46. The lowest BCUT2D eigenvalue weighted by molar-refractivity contribution is 0.0820. The van der Waals surface area contributed by atoms with Gasteiger partial charge in [-0.1, -0.05) is 5.92 Å². The zero-order valence-corrected chi connectivity index (χ0v) is 14.3. The summed E-state index contributed by atoms with van der Waals surface area (Å²) in [6, 6.07) is 0. The monoisotopic (exact) mass is 308 g/mol. The fourth-order valence-corrected chi connectivity index (χ4v) is 2.53. The second-order valence-electron chi connectivity index (χ2n) is 6.19. The van der Waals surface area contributed by atoms with Crippen LogP contribution in [0.1, 0.15) is 28.2 Å². The number of aromatic nitrogens is 2. The molecule has 1 aliphatic rings. The van der Waals surface area contributed by atoms with Crippen LogP contribution in [0.2, 0.25) is 0 Å². The molecule has 116 valence electrons. The molecule has 1 amide bonds. The minimum atomic E-state index is -0.942. The third-order valence-electron chi connectivity index (χ3n) is 3.16. The normalized spacial score (nSPS) is 15.5. The van der Waals surface area contributed by atoms with Crippen molar-refractivity contribution in [2.75, 3.05) is 39.4 Å². The van der Waals surface area contributed by atoms with Gasteiger partial charge in [-0.05, 0) is 37.0 Å². The Bertz CT molecular complexity index is 602. The van der Waals surface area contributed by atoms with Crippen LogP contribution in [-0.2, 0) is 13.1 Å². The van der Waals surface area contributed by atoms with Crippen LogP contribution in [0.5, 0.6) is 0 Å². The maximum Gasteiger partial charge on any atom is 0.275 e. The highest BCUT2D eigenvalue weighted by atomic mass is 32.3. The quantitative estimate of drug-likeness (QED) is 0.790. The summed E-state index contributed by atoms with van der Waals surface area (Å²) in [7, 11) is 2.55. The van der Waals surface area contributed by atoms with E-state index in [1.165, 1.54) is 0 Å². The van der Waals surface area contributed by atoms with E-state index in [1.54, 1.807) is 19.0 Å². The SMILES string of the molecule is CN(C)C(=O)c1nn2c(c1C#CS(C)(C)C)CNCCC2. The van der Waals surface area contributed by atoms with Crippen molar-refractivity contribution in [1.82, 2.24) is 20.0 Å². The summed E-state index contributed by atoms with van der Waals surface area (Å²) in [5.41, 5.74) is 2.31. The first-order valence-electron chi connectivity index (χ1n) is 7.03. The largest absolute Gasteiger partial charge is 0.343 e. The number of carbonyl (C=O) groups is 1. The molecule has 5 nitrogen and oxygen atoms in total. The molecule has 6 heteroatoms. The third-order valence-corrected chi connectivity index (χ3v) is 3.88. The van der Waals surface area contributed by atoms with Gasteiger partial charge in [0.15, 0.2) is 5.69 Å². The lowest BCUT2D eigenvalue weighted by Gasteiger charge is -2.15. The van der Waals surface area contributed by atoms with Crippen molar-refractivity contribution >= 4 is 15.9 Å². The number of amides is 1. The standard InChI is InChI=1S/C15H24N4OS/c1-18(2)15(20)14-12(7-10-21(3,4)5)13-11-16-8-6-9-19(13)17-14/h16H,6,8-9,11H2,1-5H3. The van der Waals surface area contributed by atoms with Crippen LogP contribution < -0.4 is 5.32 Å². The van der Waals surface area contributed by atoms with Crippen LogP contribution >= 0.6 is 10.0 Å². The Morgan fingerprint density at radius 3 is 2.71 bits per heavy atom. The van der Waals surface area contributed by atoms with Crippen molar-refractivity contribution in [2.45, 2.75) is 19.5 Å². The van der Waals surface area contributed by atoms with Crippen LogP contribution in [0.15, 0.2) is 0 Å². The number of nitrogens with one attached hydrogen (secondary N) is 1. The van der Waals surface area contributed by atoms with E-state index >= 15 is 0 Å². The number of hydrogen-bond donors (Lipinski definition) is 1. The summed E-state index contributed by atoms with van der Waals surface area (Å²) in [5, 5.41) is 11.2. The Labute approximate surface area is 128 Å². The van der Waals surface area contributed by atoms with E-state index in [1.807, 2.05) is 4.68 Å². The van der Waals surface area contributed by atoms with E-state index in [2.05, 4.69) is 40.4 Å². The number of nitrogens with zero attached hydrogens (tertiary/aromatic N) is 3. The molecule has 0 unspecified atom stereocenters. The van der Waals surface area contributed by atoms with Crippen molar-refractivity contribution in [2.24, 2.45) is 0 Å². The first-order chi connectivity index (χ1) is 9.79. The van der Waals surface area contributed by atoms with Gasteiger partial charge in [0.25, 0.3) is 5.91 Å². The zero-order valence-electron chi connectivity index (χ0n) is 13.5. The Morgan fingerprint density at radius 2 is 2.10 bits per heavy atom. The molecular formula is C15H24N4OS. The van der Waals surface area contributed by atoms with Gasteiger partial charge in [0.05, 0.1) is 11.3 Å². The van der Waals surface area contributed by atoms with Crippen molar-refractivity contribution in [3.05, 3.63) is 17.0 Å². The zero-order chi connectivity index (χ0) is 15.6. The second kappa shape index (κ2) is 6.12. The maximum absolute atomic E-state index is 12.4. The number of fused-ring (bicyclic) bond motifs is 1. The minimum Gasteiger partial charge on any atom is -0.343 e. The average Bonchev–Trinajstić information content (AvgIpc) is 2.55. The fraction of sp³-hybridized carbons (Fsp3) is 0.600. The number of rotatable bonds is 1. The van der Waals surface area contributed by atoms with Crippen molar-refractivity contribution in [3.8, 4) is 11.2 Å². The van der Waals surface area contributed by atoms with Gasteiger partial charge in [-0.25, -0.2) is 0 Å². The first kappa shape index (κ1) is 15.9. The summed E-state index contributed by atoms with van der Waals surface area (Å²) >= 11 is 0. The van der Waals surface area contributed by atoms with Crippen LogP contribution in [-0.4, -0.2) is 60.0 Å². The molecule has 2 heterocycles. The molecule has 1 aliphatic heterocycles. The Morgan fingerprint density at radius 1 is 1.38 bits per heavy atom. The van der Waals surface area contributed by atoms with E-state index in [4.69, 9.17) is 0 Å². The van der Waals surface area contributed by atoms with Gasteiger partial charge >= 0.3 is 0 Å². The van der Waals surface area contributed by atoms with Crippen molar-refractivity contribution < 1.29 is 4.79 Å². The molecule has 0 aromatic carbocycles. The van der Waals surface area contributed by atoms with Gasteiger partial charge in [-0.3, -0.25) is 9.48 Å². The average molecular weight is 308 g/mol. The highest BCUT2D eigenvalue weighted by Crippen LogP contribution is 2.32.